The van der Waals surface area contributed by atoms with Crippen LogP contribution in [-0.4, -0.2) is 38.2 Å². The van der Waals surface area contributed by atoms with Crippen LogP contribution < -0.4 is 10.9 Å². The molecule has 3 aromatic rings. The number of rotatable bonds is 7. The lowest BCUT2D eigenvalue weighted by molar-refractivity contribution is -0.135. The largest absolute Gasteiger partial charge is 0.493 e. The van der Waals surface area contributed by atoms with Gasteiger partial charge in [0.1, 0.15) is 12.4 Å². The first-order valence-electron chi connectivity index (χ1n) is 11.6. The molecule has 8 nitrogen and oxygen atoms in total. The molecule has 0 atom stereocenters. The summed E-state index contributed by atoms with van der Waals surface area (Å²) in [4.78, 5) is 41.5. The van der Waals surface area contributed by atoms with Crippen molar-refractivity contribution >= 4 is 23.5 Å². The SMILES string of the molecule is CC(C)(C)c1ccc(Cn2c(C3(c4ccc(Cl)cc4)CC3)nc(O)c(C(=O)NCC(=O)O)c2=O)cc1. The second-order valence-corrected chi connectivity index (χ2v) is 10.6. The average molecular weight is 510 g/mol. The van der Waals surface area contributed by atoms with E-state index in [2.05, 4.69) is 31.1 Å². The van der Waals surface area contributed by atoms with Crippen LogP contribution in [0, 0.1) is 0 Å². The van der Waals surface area contributed by atoms with E-state index in [9.17, 15) is 19.5 Å². The number of aliphatic carboxylic acids is 1. The van der Waals surface area contributed by atoms with Crippen molar-refractivity contribution in [2.24, 2.45) is 0 Å². The van der Waals surface area contributed by atoms with Gasteiger partial charge in [0, 0.05) is 5.02 Å². The van der Waals surface area contributed by atoms with Crippen LogP contribution in [0.25, 0.3) is 0 Å². The molecular weight excluding hydrogens is 482 g/mol. The first kappa shape index (κ1) is 25.4. The summed E-state index contributed by atoms with van der Waals surface area (Å²) in [6.07, 6.45) is 1.40. The van der Waals surface area contributed by atoms with Crippen molar-refractivity contribution in [2.75, 3.05) is 6.54 Å². The van der Waals surface area contributed by atoms with Crippen LogP contribution in [0.3, 0.4) is 0 Å². The third-order valence-electron chi connectivity index (χ3n) is 6.51. The Labute approximate surface area is 213 Å². The number of hydrogen-bond acceptors (Lipinski definition) is 5. The second-order valence-electron chi connectivity index (χ2n) is 10.1. The third kappa shape index (κ3) is 4.99. The number of carboxylic acid groups (broad SMARTS) is 1. The fourth-order valence-corrected chi connectivity index (χ4v) is 4.45. The molecule has 188 valence electrons. The highest BCUT2D eigenvalue weighted by Gasteiger charge is 2.50. The highest BCUT2D eigenvalue weighted by Crippen LogP contribution is 2.53. The zero-order valence-corrected chi connectivity index (χ0v) is 21.1. The maximum Gasteiger partial charge on any atom is 0.322 e. The smallest absolute Gasteiger partial charge is 0.322 e. The van der Waals surface area contributed by atoms with E-state index < -0.39 is 40.8 Å². The van der Waals surface area contributed by atoms with Crippen molar-refractivity contribution in [1.29, 1.82) is 0 Å². The standard InChI is InChI=1S/C27H28ClN3O5/c1-26(2,3)17-6-4-16(5-7-17)15-31-24(36)21(22(34)29-14-20(32)33)23(35)30-25(31)27(12-13-27)18-8-10-19(28)11-9-18/h4-11,35H,12-15H2,1-3H3,(H,29,34)(H,32,33). The number of aromatic nitrogens is 2. The fourth-order valence-electron chi connectivity index (χ4n) is 4.33. The summed E-state index contributed by atoms with van der Waals surface area (Å²) in [7, 11) is 0. The van der Waals surface area contributed by atoms with E-state index in [1.807, 2.05) is 36.4 Å². The summed E-state index contributed by atoms with van der Waals surface area (Å²) < 4.78 is 1.41. The van der Waals surface area contributed by atoms with Crippen LogP contribution in [0.2, 0.25) is 5.02 Å². The number of carbonyl (C=O) groups excluding carboxylic acids is 1. The maximum absolute atomic E-state index is 13.6. The van der Waals surface area contributed by atoms with E-state index in [0.717, 1.165) is 16.7 Å². The van der Waals surface area contributed by atoms with Gasteiger partial charge in [0.25, 0.3) is 11.5 Å². The van der Waals surface area contributed by atoms with Gasteiger partial charge in [-0.15, -0.1) is 0 Å². The van der Waals surface area contributed by atoms with Gasteiger partial charge in [0.15, 0.2) is 5.56 Å². The molecule has 3 N–H and O–H groups in total. The van der Waals surface area contributed by atoms with Crippen LogP contribution >= 0.6 is 11.6 Å². The van der Waals surface area contributed by atoms with E-state index in [0.29, 0.717) is 23.7 Å². The topological polar surface area (TPSA) is 122 Å². The van der Waals surface area contributed by atoms with Gasteiger partial charge in [-0.3, -0.25) is 19.0 Å². The molecule has 0 unspecified atom stereocenters. The van der Waals surface area contributed by atoms with Crippen molar-refractivity contribution in [3.8, 4) is 5.88 Å². The highest BCUT2D eigenvalue weighted by atomic mass is 35.5. The van der Waals surface area contributed by atoms with Crippen molar-refractivity contribution in [1.82, 2.24) is 14.9 Å². The Hall–Kier alpha value is -3.65. The maximum atomic E-state index is 13.6. The Morgan fingerprint density at radius 1 is 1.08 bits per heavy atom. The van der Waals surface area contributed by atoms with E-state index in [1.165, 1.54) is 4.57 Å². The van der Waals surface area contributed by atoms with E-state index in [-0.39, 0.29) is 12.0 Å². The molecule has 0 saturated heterocycles. The molecule has 9 heteroatoms. The molecule has 4 rings (SSSR count). The number of aromatic hydroxyl groups is 1. The fraction of sp³-hybridized carbons (Fsp3) is 0.333. The highest BCUT2D eigenvalue weighted by molar-refractivity contribution is 6.30. The molecular formula is C27H28ClN3O5. The Balaban J connectivity index is 1.83. The summed E-state index contributed by atoms with van der Waals surface area (Å²) in [5.41, 5.74) is 0.890. The summed E-state index contributed by atoms with van der Waals surface area (Å²) in [6.45, 7) is 5.77. The van der Waals surface area contributed by atoms with Gasteiger partial charge in [0.2, 0.25) is 5.88 Å². The first-order chi connectivity index (χ1) is 16.9. The lowest BCUT2D eigenvalue weighted by Crippen LogP contribution is -2.39. The number of benzene rings is 2. The minimum atomic E-state index is -1.27. The Morgan fingerprint density at radius 3 is 2.22 bits per heavy atom. The minimum absolute atomic E-state index is 0.0390. The first-order valence-corrected chi connectivity index (χ1v) is 12.0. The summed E-state index contributed by atoms with van der Waals surface area (Å²) in [6, 6.07) is 15.1. The molecule has 0 spiro atoms. The minimum Gasteiger partial charge on any atom is -0.493 e. The van der Waals surface area contributed by atoms with Gasteiger partial charge in [0.05, 0.1) is 12.0 Å². The predicted molar refractivity (Wildman–Crippen MR) is 136 cm³/mol. The van der Waals surface area contributed by atoms with E-state index in [4.69, 9.17) is 16.7 Å². The molecule has 0 aliphatic heterocycles. The quantitative estimate of drug-likeness (QED) is 0.445. The van der Waals surface area contributed by atoms with Crippen LogP contribution in [-0.2, 0) is 22.2 Å². The van der Waals surface area contributed by atoms with Gasteiger partial charge in [-0.2, -0.15) is 4.98 Å². The Morgan fingerprint density at radius 2 is 1.69 bits per heavy atom. The van der Waals surface area contributed by atoms with Gasteiger partial charge >= 0.3 is 5.97 Å². The van der Waals surface area contributed by atoms with Crippen molar-refractivity contribution < 1.29 is 19.8 Å². The van der Waals surface area contributed by atoms with Crippen molar-refractivity contribution in [2.45, 2.75) is 51.0 Å². The van der Waals surface area contributed by atoms with Gasteiger partial charge in [-0.25, -0.2) is 0 Å². The normalized spacial score (nSPS) is 14.3. The number of carbonyl (C=O) groups is 2. The van der Waals surface area contributed by atoms with Crippen LogP contribution in [0.15, 0.2) is 53.3 Å². The number of hydrogen-bond donors (Lipinski definition) is 3. The molecule has 1 saturated carbocycles. The van der Waals surface area contributed by atoms with Crippen molar-refractivity contribution in [3.05, 3.63) is 92.0 Å². The lowest BCUT2D eigenvalue weighted by atomic mass is 9.87. The molecule has 1 aliphatic rings. The number of halogens is 1. The van der Waals surface area contributed by atoms with Crippen LogP contribution in [0.4, 0.5) is 0 Å². The molecule has 0 bridgehead atoms. The molecule has 1 heterocycles. The molecule has 36 heavy (non-hydrogen) atoms. The molecule has 1 aliphatic carbocycles. The number of carboxylic acids is 1. The Kier molecular flexibility index (Phi) is 6.66. The average Bonchev–Trinajstić information content (AvgIpc) is 3.61. The predicted octanol–water partition coefficient (Wildman–Crippen LogP) is 3.84. The van der Waals surface area contributed by atoms with Crippen LogP contribution in [0.5, 0.6) is 5.88 Å². The van der Waals surface area contributed by atoms with Gasteiger partial charge in [-0.05, 0) is 47.1 Å². The molecule has 0 radical (unpaired) electrons. The third-order valence-corrected chi connectivity index (χ3v) is 6.76. The molecule has 1 aromatic heterocycles. The lowest BCUT2D eigenvalue weighted by Gasteiger charge is -2.23. The van der Waals surface area contributed by atoms with Gasteiger partial charge in [-0.1, -0.05) is 68.8 Å². The Bertz CT molecular complexity index is 1370. The number of nitrogens with zero attached hydrogens (tertiary/aromatic N) is 2. The second kappa shape index (κ2) is 9.43. The van der Waals surface area contributed by atoms with E-state index in [1.54, 1.807) is 12.1 Å². The molecule has 1 fully saturated rings. The van der Waals surface area contributed by atoms with Crippen LogP contribution in [0.1, 0.15) is 66.5 Å². The zero-order chi connectivity index (χ0) is 26.3. The monoisotopic (exact) mass is 509 g/mol. The number of amides is 1. The summed E-state index contributed by atoms with van der Waals surface area (Å²) in [5, 5.41) is 22.3. The van der Waals surface area contributed by atoms with Crippen molar-refractivity contribution in [3.63, 3.8) is 0 Å². The molecule has 2 aromatic carbocycles. The van der Waals surface area contributed by atoms with E-state index >= 15 is 0 Å². The number of nitrogens with one attached hydrogen (secondary N) is 1. The zero-order valence-electron chi connectivity index (χ0n) is 20.3. The van der Waals surface area contributed by atoms with Gasteiger partial charge < -0.3 is 15.5 Å². The summed E-state index contributed by atoms with van der Waals surface area (Å²) >= 11 is 6.07. The summed E-state index contributed by atoms with van der Waals surface area (Å²) in [5.74, 6) is -2.64. The molecule has 1 amide bonds.